The molecule has 0 spiro atoms. The van der Waals surface area contributed by atoms with Crippen molar-refractivity contribution in [2.24, 2.45) is 0 Å². The first kappa shape index (κ1) is 23.2. The summed E-state index contributed by atoms with van der Waals surface area (Å²) in [6, 6.07) is 38.2. The minimum absolute atomic E-state index is 0.0140. The van der Waals surface area contributed by atoms with Crippen LogP contribution in [-0.4, -0.2) is 0 Å². The molecule has 1 aliphatic heterocycles. The van der Waals surface area contributed by atoms with Crippen LogP contribution in [-0.2, 0) is 11.0 Å². The predicted molar refractivity (Wildman–Crippen MR) is 162 cm³/mol. The Balaban J connectivity index is 1.71. The van der Waals surface area contributed by atoms with Crippen LogP contribution in [0.5, 0.6) is 0 Å². The van der Waals surface area contributed by atoms with E-state index in [1.165, 1.54) is 60.3 Å². The summed E-state index contributed by atoms with van der Waals surface area (Å²) in [5, 5.41) is 7.97. The summed E-state index contributed by atoms with van der Waals surface area (Å²) in [5.74, 6) is 0. The van der Waals surface area contributed by atoms with Crippen LogP contribution in [0.3, 0.4) is 0 Å². The van der Waals surface area contributed by atoms with E-state index in [4.69, 9.17) is 0 Å². The second kappa shape index (κ2) is 8.27. The Morgan fingerprint density at radius 1 is 0.579 bits per heavy atom. The van der Waals surface area contributed by atoms with Crippen molar-refractivity contribution in [3.05, 3.63) is 115 Å². The van der Waals surface area contributed by atoms with Gasteiger partial charge in [-0.25, -0.2) is 0 Å². The van der Waals surface area contributed by atoms with Crippen LogP contribution >= 0.6 is 0 Å². The van der Waals surface area contributed by atoms with Crippen molar-refractivity contribution in [2.45, 2.75) is 51.5 Å². The molecule has 2 unspecified atom stereocenters. The Hall–Kier alpha value is -3.97. The van der Waals surface area contributed by atoms with Crippen molar-refractivity contribution in [1.29, 1.82) is 0 Å². The average Bonchev–Trinajstić information content (AvgIpc) is 2.99. The molecule has 2 heterocycles. The van der Waals surface area contributed by atoms with Gasteiger partial charge in [0, 0.05) is 24.8 Å². The second-order valence-electron chi connectivity index (χ2n) is 11.4. The first-order chi connectivity index (χ1) is 18.5. The smallest absolute Gasteiger partial charge is 0.192 e. The normalized spacial score (nSPS) is 20.5. The number of nitrogens with zero attached hydrogens (tertiary/aromatic N) is 1. The van der Waals surface area contributed by atoms with Gasteiger partial charge in [-0.3, -0.25) is 0 Å². The van der Waals surface area contributed by atoms with Crippen LogP contribution in [0.1, 0.15) is 46.1 Å². The molecular weight excluding hydrogens is 458 g/mol. The van der Waals surface area contributed by atoms with Crippen molar-refractivity contribution in [1.82, 2.24) is 0 Å². The summed E-state index contributed by atoms with van der Waals surface area (Å²) in [6.07, 6.45) is 4.62. The lowest BCUT2D eigenvalue weighted by Crippen LogP contribution is -2.67. The molecule has 0 N–H and O–H groups in total. The average molecular weight is 493 g/mol. The maximum Gasteiger partial charge on any atom is 0.214 e. The van der Waals surface area contributed by atoms with Gasteiger partial charge in [-0.2, -0.15) is 4.57 Å². The molecule has 1 aromatic heterocycles. The summed E-state index contributed by atoms with van der Waals surface area (Å²) in [7, 11) is 0. The highest BCUT2D eigenvalue weighted by atomic mass is 15.1. The molecule has 186 valence electrons. The molecule has 0 aliphatic carbocycles. The van der Waals surface area contributed by atoms with E-state index in [1.54, 1.807) is 0 Å². The monoisotopic (exact) mass is 492 g/mol. The Bertz CT molecular complexity index is 1870. The van der Waals surface area contributed by atoms with Gasteiger partial charge in [0.1, 0.15) is 0 Å². The van der Waals surface area contributed by atoms with Crippen LogP contribution in [0.2, 0.25) is 0 Å². The zero-order valence-electron chi connectivity index (χ0n) is 22.8. The van der Waals surface area contributed by atoms with Crippen LogP contribution in [0, 0.1) is 0 Å². The lowest BCUT2D eigenvalue weighted by molar-refractivity contribution is -0.764. The molecule has 7 rings (SSSR count). The molecule has 38 heavy (non-hydrogen) atoms. The van der Waals surface area contributed by atoms with E-state index in [0.29, 0.717) is 0 Å². The van der Waals surface area contributed by atoms with Crippen molar-refractivity contribution in [3.8, 4) is 22.4 Å². The quantitative estimate of drug-likeness (QED) is 0.171. The van der Waals surface area contributed by atoms with Crippen molar-refractivity contribution in [3.63, 3.8) is 0 Å². The molecule has 2 atom stereocenters. The van der Waals surface area contributed by atoms with Crippen molar-refractivity contribution in [2.75, 3.05) is 0 Å². The highest BCUT2D eigenvalue weighted by molar-refractivity contribution is 6.25. The molecule has 0 amide bonds. The van der Waals surface area contributed by atoms with Gasteiger partial charge in [-0.1, -0.05) is 111 Å². The molecule has 6 aromatic rings. The maximum absolute atomic E-state index is 2.65. The van der Waals surface area contributed by atoms with Crippen LogP contribution < -0.4 is 4.57 Å². The van der Waals surface area contributed by atoms with E-state index < -0.39 is 0 Å². The summed E-state index contributed by atoms with van der Waals surface area (Å²) >= 11 is 0. The molecule has 0 saturated carbocycles. The largest absolute Gasteiger partial charge is 0.214 e. The molecular formula is C37H34N+. The van der Waals surface area contributed by atoms with Crippen molar-refractivity contribution < 1.29 is 4.57 Å². The van der Waals surface area contributed by atoms with Crippen LogP contribution in [0.15, 0.2) is 109 Å². The van der Waals surface area contributed by atoms with E-state index in [0.717, 1.165) is 12.8 Å². The summed E-state index contributed by atoms with van der Waals surface area (Å²) in [4.78, 5) is 0. The van der Waals surface area contributed by atoms with Gasteiger partial charge in [-0.05, 0) is 51.6 Å². The standard InChI is InChI=1S/C37H34N/c1-5-36(3)33-22-14-21-26(25-15-8-7-9-16-25)35(33)34-23-31-29-19-12-10-17-27(29)28-18-11-13-20-30(28)32(31)24-38(34)37(36,4)6-2/h7-24H,5-6H2,1-4H3/q+1. The number of benzene rings is 5. The zero-order valence-corrected chi connectivity index (χ0v) is 22.8. The van der Waals surface area contributed by atoms with Gasteiger partial charge in [0.15, 0.2) is 11.7 Å². The van der Waals surface area contributed by atoms with E-state index in [1.807, 2.05) is 0 Å². The fourth-order valence-electron chi connectivity index (χ4n) is 7.33. The SMILES string of the molecule is CCC1(C)c2cccc(-c3ccccc3)c2-c2cc3c4ccccc4c4ccccc4c3c[n+]2C1(C)CC. The molecule has 1 heteroatoms. The number of pyridine rings is 1. The highest BCUT2D eigenvalue weighted by Crippen LogP contribution is 2.52. The van der Waals surface area contributed by atoms with Gasteiger partial charge < -0.3 is 0 Å². The minimum Gasteiger partial charge on any atom is -0.192 e. The van der Waals surface area contributed by atoms with Crippen LogP contribution in [0.25, 0.3) is 54.7 Å². The molecule has 0 saturated heterocycles. The lowest BCUT2D eigenvalue weighted by atomic mass is 9.60. The van der Waals surface area contributed by atoms with Gasteiger partial charge in [-0.15, -0.1) is 0 Å². The molecule has 0 radical (unpaired) electrons. The van der Waals surface area contributed by atoms with Gasteiger partial charge in [0.05, 0.1) is 16.4 Å². The first-order valence-corrected chi connectivity index (χ1v) is 14.0. The second-order valence-corrected chi connectivity index (χ2v) is 11.4. The Morgan fingerprint density at radius 2 is 1.16 bits per heavy atom. The van der Waals surface area contributed by atoms with E-state index in [9.17, 15) is 0 Å². The fourth-order valence-corrected chi connectivity index (χ4v) is 7.33. The Kier molecular flexibility index (Phi) is 5.04. The summed E-state index contributed by atoms with van der Waals surface area (Å²) in [5.41, 5.74) is 6.68. The number of fused-ring (bicyclic) bond motifs is 9. The number of hydrogen-bond acceptors (Lipinski definition) is 0. The van der Waals surface area contributed by atoms with Crippen molar-refractivity contribution >= 4 is 32.3 Å². The molecule has 5 aromatic carbocycles. The van der Waals surface area contributed by atoms with E-state index in [2.05, 4.69) is 142 Å². The topological polar surface area (TPSA) is 3.88 Å². The molecule has 0 bridgehead atoms. The lowest BCUT2D eigenvalue weighted by Gasteiger charge is -2.46. The maximum atomic E-state index is 2.65. The van der Waals surface area contributed by atoms with Gasteiger partial charge in [0.25, 0.3) is 0 Å². The van der Waals surface area contributed by atoms with Crippen LogP contribution in [0.4, 0.5) is 0 Å². The Morgan fingerprint density at radius 3 is 1.76 bits per heavy atom. The third-order valence-electron chi connectivity index (χ3n) is 9.93. The van der Waals surface area contributed by atoms with Gasteiger partial charge >= 0.3 is 0 Å². The summed E-state index contributed by atoms with van der Waals surface area (Å²) < 4.78 is 2.65. The molecule has 1 nitrogen and oxygen atoms in total. The highest BCUT2D eigenvalue weighted by Gasteiger charge is 2.56. The molecule has 0 fully saturated rings. The molecule has 1 aliphatic rings. The third kappa shape index (κ3) is 2.91. The summed E-state index contributed by atoms with van der Waals surface area (Å²) in [6.45, 7) is 9.69. The predicted octanol–water partition coefficient (Wildman–Crippen LogP) is 9.57. The number of rotatable bonds is 3. The van der Waals surface area contributed by atoms with E-state index >= 15 is 0 Å². The fraction of sp³-hybridized carbons (Fsp3) is 0.216. The number of hydrogen-bond donors (Lipinski definition) is 0. The zero-order chi connectivity index (χ0) is 26.1. The Labute approximate surface area is 225 Å². The minimum atomic E-state index is -0.0691. The van der Waals surface area contributed by atoms with Gasteiger partial charge in [0.2, 0.25) is 5.69 Å². The number of aromatic nitrogens is 1. The first-order valence-electron chi connectivity index (χ1n) is 14.0. The van der Waals surface area contributed by atoms with E-state index in [-0.39, 0.29) is 11.0 Å². The third-order valence-corrected chi connectivity index (χ3v) is 9.93.